The normalized spacial score (nSPS) is 11.9. The fourth-order valence-corrected chi connectivity index (χ4v) is 1.55. The van der Waals surface area contributed by atoms with Crippen molar-refractivity contribution in [2.75, 3.05) is 6.61 Å². The van der Waals surface area contributed by atoms with Gasteiger partial charge in [0.05, 0.1) is 12.2 Å². The van der Waals surface area contributed by atoms with E-state index in [4.69, 9.17) is 9.84 Å². The molecule has 18 heavy (non-hydrogen) atoms. The second-order valence-corrected chi connectivity index (χ2v) is 3.71. The minimum Gasteiger partial charge on any atom is -0.493 e. The van der Waals surface area contributed by atoms with Crippen LogP contribution in [-0.4, -0.2) is 28.6 Å². The molecular formula is C13H16O5. The van der Waals surface area contributed by atoms with Crippen LogP contribution in [0.1, 0.15) is 42.3 Å². The molecule has 0 heterocycles. The molecule has 1 aromatic carbocycles. The van der Waals surface area contributed by atoms with Crippen molar-refractivity contribution in [3.05, 3.63) is 29.3 Å². The summed E-state index contributed by atoms with van der Waals surface area (Å²) in [5.41, 5.74) is 0.472. The van der Waals surface area contributed by atoms with Crippen LogP contribution in [0.4, 0.5) is 0 Å². The largest absolute Gasteiger partial charge is 0.493 e. The van der Waals surface area contributed by atoms with Crippen LogP contribution in [0.15, 0.2) is 18.2 Å². The standard InChI is InChI=1S/C13H16O5/c1-3-10(14)9-7-8(12(15)13(16)17)5-6-11(9)18-4-2/h5-7,12,15H,3-4H2,1-2H3,(H,16,17). The first-order chi connectivity index (χ1) is 8.51. The molecule has 0 aromatic heterocycles. The fourth-order valence-electron chi connectivity index (χ4n) is 1.55. The van der Waals surface area contributed by atoms with E-state index in [-0.39, 0.29) is 17.8 Å². The average molecular weight is 252 g/mol. The number of carbonyl (C=O) groups is 2. The van der Waals surface area contributed by atoms with Crippen molar-refractivity contribution in [2.45, 2.75) is 26.4 Å². The summed E-state index contributed by atoms with van der Waals surface area (Å²) in [6, 6.07) is 4.32. The Balaban J connectivity index is 3.20. The highest BCUT2D eigenvalue weighted by Crippen LogP contribution is 2.25. The molecule has 1 unspecified atom stereocenters. The predicted molar refractivity (Wildman–Crippen MR) is 64.8 cm³/mol. The van der Waals surface area contributed by atoms with Crippen LogP contribution in [-0.2, 0) is 4.79 Å². The van der Waals surface area contributed by atoms with Gasteiger partial charge in [-0.1, -0.05) is 13.0 Å². The first kappa shape index (κ1) is 14.2. The van der Waals surface area contributed by atoms with Crippen molar-refractivity contribution in [3.8, 4) is 5.75 Å². The van der Waals surface area contributed by atoms with E-state index in [9.17, 15) is 14.7 Å². The summed E-state index contributed by atoms with van der Waals surface area (Å²) in [5.74, 6) is -1.10. The SMILES string of the molecule is CCOc1ccc(C(O)C(=O)O)cc1C(=O)CC. The molecule has 1 rings (SSSR count). The number of aliphatic hydroxyl groups excluding tert-OH is 1. The minimum atomic E-state index is -1.64. The van der Waals surface area contributed by atoms with Gasteiger partial charge in [0, 0.05) is 6.42 Å². The van der Waals surface area contributed by atoms with Gasteiger partial charge in [-0.15, -0.1) is 0 Å². The molecule has 0 radical (unpaired) electrons. The molecular weight excluding hydrogens is 236 g/mol. The molecule has 0 aliphatic carbocycles. The first-order valence-corrected chi connectivity index (χ1v) is 5.72. The van der Waals surface area contributed by atoms with E-state index in [1.165, 1.54) is 18.2 Å². The zero-order valence-electron chi connectivity index (χ0n) is 10.3. The van der Waals surface area contributed by atoms with Crippen molar-refractivity contribution < 1.29 is 24.5 Å². The maximum absolute atomic E-state index is 11.7. The van der Waals surface area contributed by atoms with Gasteiger partial charge in [0.1, 0.15) is 5.75 Å². The smallest absolute Gasteiger partial charge is 0.337 e. The van der Waals surface area contributed by atoms with Crippen LogP contribution in [0.5, 0.6) is 5.75 Å². The molecule has 2 N–H and O–H groups in total. The third-order valence-corrected chi connectivity index (χ3v) is 2.47. The molecule has 98 valence electrons. The van der Waals surface area contributed by atoms with Gasteiger partial charge < -0.3 is 14.9 Å². The van der Waals surface area contributed by atoms with Crippen LogP contribution < -0.4 is 4.74 Å². The van der Waals surface area contributed by atoms with Crippen LogP contribution in [0, 0.1) is 0 Å². The van der Waals surface area contributed by atoms with Gasteiger partial charge >= 0.3 is 5.97 Å². The van der Waals surface area contributed by atoms with Gasteiger partial charge in [0.15, 0.2) is 11.9 Å². The molecule has 0 aliphatic heterocycles. The lowest BCUT2D eigenvalue weighted by Crippen LogP contribution is -2.12. The Morgan fingerprint density at radius 1 is 1.33 bits per heavy atom. The average Bonchev–Trinajstić information content (AvgIpc) is 2.37. The van der Waals surface area contributed by atoms with Crippen molar-refractivity contribution in [1.29, 1.82) is 0 Å². The number of carbonyl (C=O) groups excluding carboxylic acids is 1. The van der Waals surface area contributed by atoms with Gasteiger partial charge in [-0.25, -0.2) is 4.79 Å². The predicted octanol–water partition coefficient (Wildman–Crippen LogP) is 1.80. The number of aliphatic hydroxyl groups is 1. The number of Topliss-reactive ketones (excluding diaryl/α,β-unsaturated/α-hetero) is 1. The zero-order valence-corrected chi connectivity index (χ0v) is 10.3. The maximum Gasteiger partial charge on any atom is 0.337 e. The molecule has 5 nitrogen and oxygen atoms in total. The molecule has 0 spiro atoms. The van der Waals surface area contributed by atoms with Crippen LogP contribution in [0.2, 0.25) is 0 Å². The lowest BCUT2D eigenvalue weighted by Gasteiger charge is -2.12. The van der Waals surface area contributed by atoms with Crippen LogP contribution in [0.3, 0.4) is 0 Å². The second kappa shape index (κ2) is 6.16. The number of hydrogen-bond acceptors (Lipinski definition) is 4. The molecule has 0 bridgehead atoms. The number of rotatable bonds is 6. The molecule has 0 amide bonds. The minimum absolute atomic E-state index is 0.155. The summed E-state index contributed by atoms with van der Waals surface area (Å²) in [6.07, 6.45) is -1.35. The maximum atomic E-state index is 11.7. The highest BCUT2D eigenvalue weighted by atomic mass is 16.5. The first-order valence-electron chi connectivity index (χ1n) is 5.72. The summed E-state index contributed by atoms with van der Waals surface area (Å²) in [5, 5.41) is 18.2. The zero-order chi connectivity index (χ0) is 13.7. The topological polar surface area (TPSA) is 83.8 Å². The van der Waals surface area contributed by atoms with Gasteiger partial charge in [-0.3, -0.25) is 4.79 Å². The van der Waals surface area contributed by atoms with E-state index in [0.717, 1.165) is 0 Å². The monoisotopic (exact) mass is 252 g/mol. The van der Waals surface area contributed by atoms with Crippen molar-refractivity contribution in [2.24, 2.45) is 0 Å². The van der Waals surface area contributed by atoms with Crippen molar-refractivity contribution >= 4 is 11.8 Å². The number of carboxylic acid groups (broad SMARTS) is 1. The number of ketones is 1. The van der Waals surface area contributed by atoms with Crippen molar-refractivity contribution in [3.63, 3.8) is 0 Å². The van der Waals surface area contributed by atoms with Crippen LogP contribution in [0.25, 0.3) is 0 Å². The molecule has 1 aromatic rings. The second-order valence-electron chi connectivity index (χ2n) is 3.71. The molecule has 0 fully saturated rings. The summed E-state index contributed by atoms with van der Waals surface area (Å²) in [6.45, 7) is 3.91. The highest BCUT2D eigenvalue weighted by Gasteiger charge is 2.19. The Bertz CT molecular complexity index is 453. The van der Waals surface area contributed by atoms with E-state index in [1.54, 1.807) is 13.8 Å². The lowest BCUT2D eigenvalue weighted by atomic mass is 10.0. The summed E-state index contributed by atoms with van der Waals surface area (Å²) < 4.78 is 5.31. The quantitative estimate of drug-likeness (QED) is 0.754. The van der Waals surface area contributed by atoms with E-state index in [1.807, 2.05) is 0 Å². The van der Waals surface area contributed by atoms with E-state index < -0.39 is 12.1 Å². The molecule has 0 saturated carbocycles. The van der Waals surface area contributed by atoms with Crippen molar-refractivity contribution in [1.82, 2.24) is 0 Å². The molecule has 0 aliphatic rings. The molecule has 5 heteroatoms. The number of benzene rings is 1. The molecule has 0 saturated heterocycles. The van der Waals surface area contributed by atoms with Gasteiger partial charge in [-0.05, 0) is 24.6 Å². The number of aliphatic carboxylic acids is 1. The fraction of sp³-hybridized carbons (Fsp3) is 0.385. The van der Waals surface area contributed by atoms with Gasteiger partial charge in [0.2, 0.25) is 0 Å². The summed E-state index contributed by atoms with van der Waals surface area (Å²) >= 11 is 0. The van der Waals surface area contributed by atoms with Crippen LogP contribution >= 0.6 is 0 Å². The van der Waals surface area contributed by atoms with Gasteiger partial charge in [-0.2, -0.15) is 0 Å². The Kier molecular flexibility index (Phi) is 4.85. The Hall–Kier alpha value is -1.88. The third-order valence-electron chi connectivity index (χ3n) is 2.47. The Morgan fingerprint density at radius 3 is 2.50 bits per heavy atom. The number of ether oxygens (including phenoxy) is 1. The highest BCUT2D eigenvalue weighted by molar-refractivity contribution is 5.98. The lowest BCUT2D eigenvalue weighted by molar-refractivity contribution is -0.146. The van der Waals surface area contributed by atoms with E-state index in [0.29, 0.717) is 17.9 Å². The summed E-state index contributed by atoms with van der Waals surface area (Å²) in [4.78, 5) is 22.4. The third kappa shape index (κ3) is 3.07. The summed E-state index contributed by atoms with van der Waals surface area (Å²) in [7, 11) is 0. The van der Waals surface area contributed by atoms with E-state index >= 15 is 0 Å². The molecule has 1 atom stereocenters. The van der Waals surface area contributed by atoms with Gasteiger partial charge in [0.25, 0.3) is 0 Å². The number of hydrogen-bond donors (Lipinski definition) is 2. The number of carboxylic acids is 1. The van der Waals surface area contributed by atoms with E-state index in [2.05, 4.69) is 0 Å². The Morgan fingerprint density at radius 2 is 2.00 bits per heavy atom. The Labute approximate surface area is 105 Å².